The summed E-state index contributed by atoms with van der Waals surface area (Å²) in [5, 5.41) is 6.00. The van der Waals surface area contributed by atoms with E-state index in [0.29, 0.717) is 19.0 Å². The van der Waals surface area contributed by atoms with Crippen molar-refractivity contribution in [3.63, 3.8) is 0 Å². The van der Waals surface area contributed by atoms with Crippen molar-refractivity contribution in [2.75, 3.05) is 18.5 Å². The number of anilines is 1. The molecule has 0 saturated carbocycles. The highest BCUT2D eigenvalue weighted by molar-refractivity contribution is 5.91. The fourth-order valence-electron chi connectivity index (χ4n) is 2.94. The number of para-hydroxylation sites is 1. The molecule has 0 spiro atoms. The maximum absolute atomic E-state index is 12.5. The Morgan fingerprint density at radius 2 is 1.64 bits per heavy atom. The molecule has 25 heavy (non-hydrogen) atoms. The van der Waals surface area contributed by atoms with Crippen LogP contribution in [0.3, 0.4) is 0 Å². The molecule has 5 heteroatoms. The number of rotatable bonds is 3. The second kappa shape index (κ2) is 6.67. The number of carbonyl (C=O) groups is 1. The molecule has 132 valence electrons. The minimum atomic E-state index is -0.559. The molecule has 2 N–H and O–H groups in total. The molecule has 0 radical (unpaired) electrons. The SMILES string of the molecule is Cc1cccc(C)c1NC(=O)NC(C)(C)c1ccc2c(c1)OCCO2. The summed E-state index contributed by atoms with van der Waals surface area (Å²) >= 11 is 0. The van der Waals surface area contributed by atoms with E-state index in [0.717, 1.165) is 28.1 Å². The van der Waals surface area contributed by atoms with Gasteiger partial charge in [-0.1, -0.05) is 24.3 Å². The van der Waals surface area contributed by atoms with Gasteiger partial charge >= 0.3 is 6.03 Å². The Balaban J connectivity index is 1.75. The van der Waals surface area contributed by atoms with E-state index in [1.54, 1.807) is 0 Å². The van der Waals surface area contributed by atoms with Gasteiger partial charge in [0.1, 0.15) is 13.2 Å². The van der Waals surface area contributed by atoms with Gasteiger partial charge in [-0.2, -0.15) is 0 Å². The zero-order valence-electron chi connectivity index (χ0n) is 15.1. The van der Waals surface area contributed by atoms with Crippen LogP contribution in [0.1, 0.15) is 30.5 Å². The second-order valence-corrected chi connectivity index (χ2v) is 6.83. The number of ether oxygens (including phenoxy) is 2. The summed E-state index contributed by atoms with van der Waals surface area (Å²) in [6.45, 7) is 8.98. The van der Waals surface area contributed by atoms with Gasteiger partial charge in [0.25, 0.3) is 0 Å². The quantitative estimate of drug-likeness (QED) is 0.883. The van der Waals surface area contributed by atoms with Crippen LogP contribution in [0, 0.1) is 13.8 Å². The molecule has 5 nitrogen and oxygen atoms in total. The number of urea groups is 1. The predicted molar refractivity (Wildman–Crippen MR) is 98.5 cm³/mol. The van der Waals surface area contributed by atoms with Crippen LogP contribution in [0.4, 0.5) is 10.5 Å². The fourth-order valence-corrected chi connectivity index (χ4v) is 2.94. The topological polar surface area (TPSA) is 59.6 Å². The van der Waals surface area contributed by atoms with Crippen molar-refractivity contribution in [1.82, 2.24) is 5.32 Å². The zero-order chi connectivity index (χ0) is 18.0. The zero-order valence-corrected chi connectivity index (χ0v) is 15.1. The molecule has 2 aromatic carbocycles. The highest BCUT2D eigenvalue weighted by Crippen LogP contribution is 2.34. The molecule has 1 heterocycles. The van der Waals surface area contributed by atoms with Crippen molar-refractivity contribution >= 4 is 11.7 Å². The Kier molecular flexibility index (Phi) is 4.57. The lowest BCUT2D eigenvalue weighted by molar-refractivity contribution is 0.171. The van der Waals surface area contributed by atoms with Crippen LogP contribution in [0.15, 0.2) is 36.4 Å². The van der Waals surface area contributed by atoms with E-state index in [-0.39, 0.29) is 6.03 Å². The highest BCUT2D eigenvalue weighted by Gasteiger charge is 2.25. The maximum Gasteiger partial charge on any atom is 0.319 e. The summed E-state index contributed by atoms with van der Waals surface area (Å²) in [5.74, 6) is 1.46. The smallest absolute Gasteiger partial charge is 0.319 e. The van der Waals surface area contributed by atoms with Gasteiger partial charge in [0.05, 0.1) is 5.54 Å². The fraction of sp³-hybridized carbons (Fsp3) is 0.350. The average Bonchev–Trinajstić information content (AvgIpc) is 2.57. The van der Waals surface area contributed by atoms with Crippen LogP contribution in [0.5, 0.6) is 11.5 Å². The number of amides is 2. The van der Waals surface area contributed by atoms with Gasteiger partial charge in [0.15, 0.2) is 11.5 Å². The van der Waals surface area contributed by atoms with Crippen molar-refractivity contribution in [3.8, 4) is 11.5 Å². The number of hydrogen-bond acceptors (Lipinski definition) is 3. The Labute approximate surface area is 148 Å². The van der Waals surface area contributed by atoms with Gasteiger partial charge in [-0.25, -0.2) is 4.79 Å². The van der Waals surface area contributed by atoms with E-state index in [1.165, 1.54) is 0 Å². The molecule has 0 aromatic heterocycles. The van der Waals surface area contributed by atoms with Gasteiger partial charge in [-0.15, -0.1) is 0 Å². The monoisotopic (exact) mass is 340 g/mol. The summed E-state index contributed by atoms with van der Waals surface area (Å²) in [7, 11) is 0. The summed E-state index contributed by atoms with van der Waals surface area (Å²) in [6, 6.07) is 11.5. The van der Waals surface area contributed by atoms with E-state index in [9.17, 15) is 4.79 Å². The van der Waals surface area contributed by atoms with Crippen LogP contribution in [0.25, 0.3) is 0 Å². The third kappa shape index (κ3) is 3.71. The maximum atomic E-state index is 12.5. The lowest BCUT2D eigenvalue weighted by Crippen LogP contribution is -2.43. The molecular weight excluding hydrogens is 316 g/mol. The van der Waals surface area contributed by atoms with Crippen LogP contribution in [0.2, 0.25) is 0 Å². The Bertz CT molecular complexity index is 779. The summed E-state index contributed by atoms with van der Waals surface area (Å²) in [4.78, 5) is 12.5. The van der Waals surface area contributed by atoms with E-state index in [2.05, 4.69) is 10.6 Å². The van der Waals surface area contributed by atoms with Crippen molar-refractivity contribution < 1.29 is 14.3 Å². The Morgan fingerprint density at radius 3 is 2.32 bits per heavy atom. The number of hydrogen-bond donors (Lipinski definition) is 2. The largest absolute Gasteiger partial charge is 0.486 e. The van der Waals surface area contributed by atoms with E-state index < -0.39 is 5.54 Å². The number of nitrogens with one attached hydrogen (secondary N) is 2. The molecule has 1 aliphatic heterocycles. The van der Waals surface area contributed by atoms with Crippen molar-refractivity contribution in [2.45, 2.75) is 33.2 Å². The minimum absolute atomic E-state index is 0.239. The molecule has 0 unspecified atom stereocenters. The van der Waals surface area contributed by atoms with Crippen molar-refractivity contribution in [3.05, 3.63) is 53.1 Å². The lowest BCUT2D eigenvalue weighted by atomic mass is 9.94. The van der Waals surface area contributed by atoms with Crippen LogP contribution in [-0.2, 0) is 5.54 Å². The third-order valence-electron chi connectivity index (χ3n) is 4.41. The molecule has 0 saturated heterocycles. The molecule has 1 aliphatic rings. The van der Waals surface area contributed by atoms with Gasteiger partial charge < -0.3 is 20.1 Å². The van der Waals surface area contributed by atoms with Crippen LogP contribution in [-0.4, -0.2) is 19.2 Å². The van der Waals surface area contributed by atoms with Gasteiger partial charge in [0.2, 0.25) is 0 Å². The third-order valence-corrected chi connectivity index (χ3v) is 4.41. The summed E-state index contributed by atoms with van der Waals surface area (Å²) in [5.41, 5.74) is 3.31. The minimum Gasteiger partial charge on any atom is -0.486 e. The average molecular weight is 340 g/mol. The normalized spacial score (nSPS) is 13.3. The van der Waals surface area contributed by atoms with E-state index >= 15 is 0 Å². The first-order valence-corrected chi connectivity index (χ1v) is 8.42. The predicted octanol–water partition coefficient (Wildman–Crippen LogP) is 4.13. The van der Waals surface area contributed by atoms with E-state index in [1.807, 2.05) is 64.1 Å². The number of benzene rings is 2. The molecule has 0 atom stereocenters. The van der Waals surface area contributed by atoms with Gasteiger partial charge in [-0.3, -0.25) is 0 Å². The van der Waals surface area contributed by atoms with Crippen molar-refractivity contribution in [2.24, 2.45) is 0 Å². The van der Waals surface area contributed by atoms with Crippen LogP contribution >= 0.6 is 0 Å². The molecule has 0 aliphatic carbocycles. The standard InChI is InChI=1S/C20H24N2O3/c1-13-6-5-7-14(2)18(13)21-19(23)22-20(3,4)15-8-9-16-17(12-15)25-11-10-24-16/h5-9,12H,10-11H2,1-4H3,(H2,21,22,23). The Morgan fingerprint density at radius 1 is 1.00 bits per heavy atom. The van der Waals surface area contributed by atoms with Crippen molar-refractivity contribution in [1.29, 1.82) is 0 Å². The number of aryl methyl sites for hydroxylation is 2. The molecule has 0 bridgehead atoms. The molecule has 0 fully saturated rings. The van der Waals surface area contributed by atoms with Gasteiger partial charge in [0, 0.05) is 5.69 Å². The first kappa shape index (κ1) is 17.1. The summed E-state index contributed by atoms with van der Waals surface area (Å²) < 4.78 is 11.2. The lowest BCUT2D eigenvalue weighted by Gasteiger charge is -2.29. The highest BCUT2D eigenvalue weighted by atomic mass is 16.6. The number of carbonyl (C=O) groups excluding carboxylic acids is 1. The van der Waals surface area contributed by atoms with Gasteiger partial charge in [-0.05, 0) is 56.5 Å². The first-order valence-electron chi connectivity index (χ1n) is 8.42. The second-order valence-electron chi connectivity index (χ2n) is 6.83. The number of fused-ring (bicyclic) bond motifs is 1. The van der Waals surface area contributed by atoms with Crippen LogP contribution < -0.4 is 20.1 Å². The van der Waals surface area contributed by atoms with E-state index in [4.69, 9.17) is 9.47 Å². The molecule has 2 aromatic rings. The molecule has 3 rings (SSSR count). The summed E-state index contributed by atoms with van der Waals surface area (Å²) in [6.07, 6.45) is 0. The first-order chi connectivity index (χ1) is 11.9. The Hall–Kier alpha value is -2.69. The molecular formula is C20H24N2O3. The molecule has 2 amide bonds.